The SMILES string of the molecule is COc1ccc(CC[C@H](O)C[C@H](CCc2ccc(O)c(O)c2)O[C@@H]2O[C@H](CO)[C@@H](O)[C@H](O)[C@H]2O)cc1. The second kappa shape index (κ2) is 13.2. The van der Waals surface area contributed by atoms with Crippen LogP contribution in [0.15, 0.2) is 42.5 Å². The van der Waals surface area contributed by atoms with Crippen LogP contribution in [0.3, 0.4) is 0 Å². The van der Waals surface area contributed by atoms with Gasteiger partial charge in [-0.2, -0.15) is 0 Å². The van der Waals surface area contributed by atoms with Crippen molar-refractivity contribution in [2.75, 3.05) is 13.7 Å². The number of rotatable bonds is 12. The number of hydrogen-bond acceptors (Lipinski definition) is 10. The van der Waals surface area contributed by atoms with Crippen molar-refractivity contribution in [3.05, 3.63) is 53.6 Å². The molecule has 1 aliphatic heterocycles. The van der Waals surface area contributed by atoms with Crippen molar-refractivity contribution in [1.29, 1.82) is 0 Å². The van der Waals surface area contributed by atoms with Crippen LogP contribution in [0.25, 0.3) is 0 Å². The lowest BCUT2D eigenvalue weighted by atomic mass is 9.97. The van der Waals surface area contributed by atoms with Crippen molar-refractivity contribution in [3.63, 3.8) is 0 Å². The molecule has 10 nitrogen and oxygen atoms in total. The molecule has 1 fully saturated rings. The molecule has 2 aromatic carbocycles. The van der Waals surface area contributed by atoms with Crippen LogP contribution in [0.4, 0.5) is 0 Å². The molecule has 1 saturated heterocycles. The summed E-state index contributed by atoms with van der Waals surface area (Å²) in [5.41, 5.74) is 1.75. The molecule has 3 rings (SSSR count). The lowest BCUT2D eigenvalue weighted by molar-refractivity contribution is -0.313. The highest BCUT2D eigenvalue weighted by Gasteiger charge is 2.44. The fraction of sp³-hybridized carbons (Fsp3) is 0.538. The Morgan fingerprint density at radius 1 is 0.861 bits per heavy atom. The number of methoxy groups -OCH3 is 1. The number of aliphatic hydroxyl groups is 5. The maximum absolute atomic E-state index is 10.7. The van der Waals surface area contributed by atoms with Gasteiger partial charge in [0.2, 0.25) is 0 Å². The Morgan fingerprint density at radius 3 is 2.17 bits per heavy atom. The molecule has 2 aromatic rings. The van der Waals surface area contributed by atoms with Crippen LogP contribution in [-0.2, 0) is 22.3 Å². The third-order valence-corrected chi connectivity index (χ3v) is 6.43. The van der Waals surface area contributed by atoms with E-state index >= 15 is 0 Å². The minimum Gasteiger partial charge on any atom is -0.504 e. The largest absolute Gasteiger partial charge is 0.504 e. The first-order chi connectivity index (χ1) is 17.2. The van der Waals surface area contributed by atoms with Crippen LogP contribution in [0.1, 0.15) is 30.4 Å². The van der Waals surface area contributed by atoms with Gasteiger partial charge in [-0.1, -0.05) is 18.2 Å². The van der Waals surface area contributed by atoms with Gasteiger partial charge in [-0.15, -0.1) is 0 Å². The molecule has 200 valence electrons. The van der Waals surface area contributed by atoms with Crippen molar-refractivity contribution in [2.45, 2.75) is 75.0 Å². The van der Waals surface area contributed by atoms with Gasteiger partial charge in [0.15, 0.2) is 17.8 Å². The van der Waals surface area contributed by atoms with Crippen molar-refractivity contribution < 1.29 is 50.0 Å². The number of aliphatic hydroxyl groups excluding tert-OH is 5. The maximum Gasteiger partial charge on any atom is 0.186 e. The van der Waals surface area contributed by atoms with Gasteiger partial charge in [0.05, 0.1) is 25.9 Å². The molecule has 0 aliphatic carbocycles. The quantitative estimate of drug-likeness (QED) is 0.202. The summed E-state index contributed by atoms with van der Waals surface area (Å²) < 4.78 is 16.6. The van der Waals surface area contributed by atoms with Crippen molar-refractivity contribution in [3.8, 4) is 17.2 Å². The summed E-state index contributed by atoms with van der Waals surface area (Å²) in [6.45, 7) is -0.577. The van der Waals surface area contributed by atoms with Crippen LogP contribution in [0.5, 0.6) is 17.2 Å². The van der Waals surface area contributed by atoms with Gasteiger partial charge in [0.25, 0.3) is 0 Å². The Hall–Kier alpha value is -2.44. The van der Waals surface area contributed by atoms with E-state index in [-0.39, 0.29) is 17.9 Å². The zero-order valence-corrected chi connectivity index (χ0v) is 20.2. The molecule has 1 heterocycles. The first-order valence-corrected chi connectivity index (χ1v) is 12.0. The Kier molecular flexibility index (Phi) is 10.3. The number of ether oxygens (including phenoxy) is 3. The smallest absolute Gasteiger partial charge is 0.186 e. The molecule has 0 aromatic heterocycles. The van der Waals surface area contributed by atoms with Gasteiger partial charge in [-0.25, -0.2) is 0 Å². The fourth-order valence-corrected chi connectivity index (χ4v) is 4.21. The molecule has 36 heavy (non-hydrogen) atoms. The molecule has 1 aliphatic rings. The van der Waals surface area contributed by atoms with Crippen molar-refractivity contribution in [1.82, 2.24) is 0 Å². The van der Waals surface area contributed by atoms with Gasteiger partial charge in [-0.3, -0.25) is 0 Å². The minimum absolute atomic E-state index is 0.190. The van der Waals surface area contributed by atoms with Crippen LogP contribution in [0.2, 0.25) is 0 Å². The van der Waals surface area contributed by atoms with Crippen LogP contribution >= 0.6 is 0 Å². The molecule has 7 N–H and O–H groups in total. The normalized spacial score (nSPS) is 25.9. The van der Waals surface area contributed by atoms with E-state index in [1.807, 2.05) is 24.3 Å². The highest BCUT2D eigenvalue weighted by molar-refractivity contribution is 5.40. The molecule has 0 spiro atoms. The van der Waals surface area contributed by atoms with Gasteiger partial charge >= 0.3 is 0 Å². The predicted molar refractivity (Wildman–Crippen MR) is 129 cm³/mol. The van der Waals surface area contributed by atoms with E-state index in [2.05, 4.69) is 0 Å². The Labute approximate surface area is 209 Å². The molecular weight excluding hydrogens is 472 g/mol. The van der Waals surface area contributed by atoms with E-state index < -0.39 is 49.5 Å². The van der Waals surface area contributed by atoms with Crippen molar-refractivity contribution >= 4 is 0 Å². The van der Waals surface area contributed by atoms with Crippen LogP contribution in [0, 0.1) is 0 Å². The Morgan fingerprint density at radius 2 is 1.53 bits per heavy atom. The number of aryl methyl sites for hydroxylation is 2. The summed E-state index contributed by atoms with van der Waals surface area (Å²) in [5, 5.41) is 70.0. The topological polar surface area (TPSA) is 169 Å². The average molecular weight is 509 g/mol. The third kappa shape index (κ3) is 7.53. The maximum atomic E-state index is 10.7. The van der Waals surface area contributed by atoms with Crippen molar-refractivity contribution in [2.24, 2.45) is 0 Å². The van der Waals surface area contributed by atoms with Gasteiger partial charge in [0, 0.05) is 0 Å². The van der Waals surface area contributed by atoms with E-state index in [1.54, 1.807) is 13.2 Å². The zero-order chi connectivity index (χ0) is 26.2. The number of aromatic hydroxyl groups is 2. The zero-order valence-electron chi connectivity index (χ0n) is 20.2. The van der Waals surface area contributed by atoms with E-state index in [4.69, 9.17) is 14.2 Å². The predicted octanol–water partition coefficient (Wildman–Crippen LogP) is 0.608. The summed E-state index contributed by atoms with van der Waals surface area (Å²) >= 11 is 0. The Balaban J connectivity index is 1.65. The highest BCUT2D eigenvalue weighted by Crippen LogP contribution is 2.28. The summed E-state index contributed by atoms with van der Waals surface area (Å²) in [4.78, 5) is 0. The van der Waals surface area contributed by atoms with Gasteiger partial charge < -0.3 is 50.0 Å². The average Bonchev–Trinajstić information content (AvgIpc) is 2.88. The summed E-state index contributed by atoms with van der Waals surface area (Å²) in [7, 11) is 1.59. The van der Waals surface area contributed by atoms with E-state index in [1.165, 1.54) is 12.1 Å². The van der Waals surface area contributed by atoms with Gasteiger partial charge in [0.1, 0.15) is 30.2 Å². The summed E-state index contributed by atoms with van der Waals surface area (Å²) in [6.07, 6.45) is -6.42. The van der Waals surface area contributed by atoms with Gasteiger partial charge in [-0.05, 0) is 67.5 Å². The fourth-order valence-electron chi connectivity index (χ4n) is 4.21. The summed E-state index contributed by atoms with van der Waals surface area (Å²) in [5.74, 6) is 0.257. The lowest BCUT2D eigenvalue weighted by Crippen LogP contribution is -2.59. The minimum atomic E-state index is -1.57. The highest BCUT2D eigenvalue weighted by atomic mass is 16.7. The Bertz CT molecular complexity index is 935. The van der Waals surface area contributed by atoms with E-state index in [9.17, 15) is 35.7 Å². The molecule has 0 amide bonds. The molecule has 0 unspecified atom stereocenters. The summed E-state index contributed by atoms with van der Waals surface area (Å²) in [6, 6.07) is 12.0. The molecule has 10 heteroatoms. The molecule has 0 bridgehead atoms. The molecule has 0 saturated carbocycles. The van der Waals surface area contributed by atoms with Crippen LogP contribution in [-0.4, -0.2) is 92.4 Å². The number of phenolic OH excluding ortho intramolecular Hbond substituents is 2. The second-order valence-electron chi connectivity index (χ2n) is 9.09. The monoisotopic (exact) mass is 508 g/mol. The third-order valence-electron chi connectivity index (χ3n) is 6.43. The molecule has 7 atom stereocenters. The number of hydrogen-bond donors (Lipinski definition) is 7. The van der Waals surface area contributed by atoms with E-state index in [0.717, 1.165) is 16.9 Å². The number of phenols is 2. The second-order valence-corrected chi connectivity index (χ2v) is 9.09. The lowest BCUT2D eigenvalue weighted by Gasteiger charge is -2.41. The molecule has 0 radical (unpaired) electrons. The number of benzene rings is 2. The first-order valence-electron chi connectivity index (χ1n) is 12.0. The first kappa shape index (κ1) is 28.1. The van der Waals surface area contributed by atoms with Crippen LogP contribution < -0.4 is 4.74 Å². The van der Waals surface area contributed by atoms with E-state index in [0.29, 0.717) is 25.7 Å². The molecular formula is C26H36O10. The standard InChI is InChI=1S/C26H36O10/c1-34-18-8-3-15(4-9-18)2-7-17(28)13-19(10-5-16-6-11-20(29)21(30)12-16)35-26-25(33)24(32)23(31)22(14-27)36-26/h3-4,6,8-9,11-12,17,19,22-33H,2,5,7,10,13-14H2,1H3/t17-,19-,22+,23+,24-,25+,26+/m0/s1.